The maximum Gasteiger partial charge on any atom is 0.325 e. The van der Waals surface area contributed by atoms with Crippen molar-refractivity contribution in [3.8, 4) is 0 Å². The number of aromatic amines is 1. The summed E-state index contributed by atoms with van der Waals surface area (Å²) in [4.78, 5) is 35.7. The second-order valence-electron chi connectivity index (χ2n) is 13.8. The number of urea groups is 1. The number of H-pyrrole nitrogens is 1. The number of sulfonamides is 1. The van der Waals surface area contributed by atoms with Crippen molar-refractivity contribution < 1.29 is 18.0 Å². The van der Waals surface area contributed by atoms with Gasteiger partial charge in [0, 0.05) is 42.9 Å². The minimum absolute atomic E-state index is 0.0651. The highest BCUT2D eigenvalue weighted by molar-refractivity contribution is 7.89. The molecule has 4 atom stereocenters. The van der Waals surface area contributed by atoms with Gasteiger partial charge in [-0.3, -0.25) is 9.69 Å². The predicted molar refractivity (Wildman–Crippen MR) is 161 cm³/mol. The summed E-state index contributed by atoms with van der Waals surface area (Å²) in [5, 5.41) is 2.88. The van der Waals surface area contributed by atoms with Crippen LogP contribution >= 0.6 is 0 Å². The number of aromatic nitrogens is 2. The number of imidazole rings is 1. The van der Waals surface area contributed by atoms with Crippen LogP contribution in [0.1, 0.15) is 83.0 Å². The van der Waals surface area contributed by atoms with Crippen LogP contribution < -0.4 is 5.32 Å². The average molecular weight is 596 g/mol. The Bertz CT molecular complexity index is 1450. The number of piperidine rings is 1. The van der Waals surface area contributed by atoms with E-state index in [1.807, 2.05) is 6.92 Å². The third kappa shape index (κ3) is 4.51. The van der Waals surface area contributed by atoms with E-state index in [1.165, 1.54) is 16.0 Å². The molecule has 228 valence electrons. The molecule has 42 heavy (non-hydrogen) atoms. The predicted octanol–water partition coefficient (Wildman–Crippen LogP) is 4.40. The van der Waals surface area contributed by atoms with Crippen molar-refractivity contribution in [1.29, 1.82) is 0 Å². The molecule has 2 aromatic rings. The van der Waals surface area contributed by atoms with Crippen LogP contribution in [0.2, 0.25) is 0 Å². The van der Waals surface area contributed by atoms with Crippen molar-refractivity contribution in [3.05, 3.63) is 53.6 Å². The molecular formula is C32H45N5O4S. The number of nitrogens with zero attached hydrogens (tertiary/aromatic N) is 3. The molecule has 10 heteroatoms. The van der Waals surface area contributed by atoms with Gasteiger partial charge in [0.15, 0.2) is 0 Å². The van der Waals surface area contributed by atoms with E-state index in [1.54, 1.807) is 16.8 Å². The summed E-state index contributed by atoms with van der Waals surface area (Å²) in [5.41, 5.74) is 2.44. The van der Waals surface area contributed by atoms with E-state index in [-0.39, 0.29) is 23.0 Å². The van der Waals surface area contributed by atoms with Gasteiger partial charge >= 0.3 is 6.03 Å². The van der Waals surface area contributed by atoms with Crippen LogP contribution in [0.5, 0.6) is 0 Å². The van der Waals surface area contributed by atoms with Crippen LogP contribution in [-0.2, 0) is 33.1 Å². The lowest BCUT2D eigenvalue weighted by Gasteiger charge is -2.59. The Kier molecular flexibility index (Phi) is 7.32. The molecule has 2 aliphatic heterocycles. The fraction of sp³-hybridized carbons (Fsp3) is 0.656. The maximum atomic E-state index is 14.4. The highest BCUT2D eigenvalue weighted by atomic mass is 32.2. The van der Waals surface area contributed by atoms with E-state index in [2.05, 4.69) is 60.3 Å². The monoisotopic (exact) mass is 595 g/mol. The Labute approximate surface area is 249 Å². The number of hydrogen-bond acceptors (Lipinski definition) is 5. The van der Waals surface area contributed by atoms with E-state index < -0.39 is 39.0 Å². The van der Waals surface area contributed by atoms with Gasteiger partial charge in [-0.1, -0.05) is 52.0 Å². The van der Waals surface area contributed by atoms with Crippen LogP contribution in [0, 0.1) is 16.7 Å². The topological polar surface area (TPSA) is 115 Å². The van der Waals surface area contributed by atoms with Crippen LogP contribution in [0.4, 0.5) is 4.79 Å². The van der Waals surface area contributed by atoms with Crippen LogP contribution in [0.15, 0.2) is 36.8 Å². The van der Waals surface area contributed by atoms with Crippen LogP contribution in [-0.4, -0.2) is 70.5 Å². The lowest BCUT2D eigenvalue weighted by Crippen LogP contribution is -2.64. The molecule has 4 aliphatic rings. The van der Waals surface area contributed by atoms with Crippen molar-refractivity contribution in [3.63, 3.8) is 0 Å². The standard InChI is InChI=1S/C32H45N5O4S/c1-5-32(20-42(40,41)36-16-14-31(15-17-36)13-12-23-8-6-7-9-25(23)31)27(11-10-22(2)30(32,3)4)37-28(38)26(35-29(37)39)18-24-19-33-21-34-24/h6-9,19,21-22,26-27H,5,10-18,20H2,1-4H3,(H,33,34)(H,35,39). The van der Waals surface area contributed by atoms with Gasteiger partial charge in [-0.05, 0) is 72.8 Å². The van der Waals surface area contributed by atoms with Crippen molar-refractivity contribution in [2.75, 3.05) is 18.8 Å². The van der Waals surface area contributed by atoms with Gasteiger partial charge in [0.25, 0.3) is 5.91 Å². The summed E-state index contributed by atoms with van der Waals surface area (Å²) in [6.45, 7) is 9.51. The molecule has 2 saturated heterocycles. The number of nitrogens with one attached hydrogen (secondary N) is 2. The minimum atomic E-state index is -3.67. The van der Waals surface area contributed by atoms with Gasteiger partial charge in [-0.25, -0.2) is 22.5 Å². The number of benzene rings is 1. The number of aryl methyl sites for hydroxylation is 1. The second kappa shape index (κ2) is 10.5. The van der Waals surface area contributed by atoms with Crippen molar-refractivity contribution >= 4 is 22.0 Å². The Morgan fingerprint density at radius 1 is 1.07 bits per heavy atom. The molecular weight excluding hydrogens is 550 g/mol. The third-order valence-electron chi connectivity index (χ3n) is 12.0. The normalized spacial score (nSPS) is 31.0. The van der Waals surface area contributed by atoms with Gasteiger partial charge in [-0.15, -0.1) is 0 Å². The molecule has 3 heterocycles. The lowest BCUT2D eigenvalue weighted by molar-refractivity contribution is -0.138. The molecule has 0 radical (unpaired) electrons. The van der Waals surface area contributed by atoms with Crippen LogP contribution in [0.25, 0.3) is 0 Å². The van der Waals surface area contributed by atoms with E-state index in [0.29, 0.717) is 32.4 Å². The Hall–Kier alpha value is -2.72. The molecule has 4 unspecified atom stereocenters. The zero-order chi connectivity index (χ0) is 29.9. The summed E-state index contributed by atoms with van der Waals surface area (Å²) in [6.07, 6.45) is 9.31. The first-order chi connectivity index (χ1) is 19.9. The quantitative estimate of drug-likeness (QED) is 0.461. The molecule has 2 aliphatic carbocycles. The summed E-state index contributed by atoms with van der Waals surface area (Å²) in [7, 11) is -3.67. The Morgan fingerprint density at radius 3 is 2.50 bits per heavy atom. The summed E-state index contributed by atoms with van der Waals surface area (Å²) < 4.78 is 30.4. The number of carbonyl (C=O) groups excluding carboxylic acids is 2. The Balaban J connectivity index is 1.27. The zero-order valence-corrected chi connectivity index (χ0v) is 26.2. The molecule has 1 saturated carbocycles. The largest absolute Gasteiger partial charge is 0.348 e. The summed E-state index contributed by atoms with van der Waals surface area (Å²) in [6, 6.07) is 7.01. The van der Waals surface area contributed by atoms with Gasteiger partial charge in [0.05, 0.1) is 12.1 Å². The molecule has 3 fully saturated rings. The molecule has 1 aromatic heterocycles. The van der Waals surface area contributed by atoms with E-state index in [0.717, 1.165) is 37.8 Å². The molecule has 9 nitrogen and oxygen atoms in total. The fourth-order valence-corrected chi connectivity index (χ4v) is 11.2. The van der Waals surface area contributed by atoms with Gasteiger partial charge < -0.3 is 10.3 Å². The molecule has 1 aromatic carbocycles. The van der Waals surface area contributed by atoms with Gasteiger partial charge in [-0.2, -0.15) is 0 Å². The van der Waals surface area contributed by atoms with E-state index in [4.69, 9.17) is 0 Å². The lowest BCUT2D eigenvalue weighted by atomic mass is 9.51. The van der Waals surface area contributed by atoms with Crippen molar-refractivity contribution in [1.82, 2.24) is 24.5 Å². The summed E-state index contributed by atoms with van der Waals surface area (Å²) >= 11 is 0. The number of carbonyl (C=O) groups is 2. The second-order valence-corrected chi connectivity index (χ2v) is 15.8. The molecule has 3 amide bonds. The Morgan fingerprint density at radius 2 is 1.81 bits per heavy atom. The van der Waals surface area contributed by atoms with Crippen molar-refractivity contribution in [2.45, 2.75) is 96.6 Å². The third-order valence-corrected chi connectivity index (χ3v) is 14.0. The average Bonchev–Trinajstić information content (AvgIpc) is 3.67. The highest BCUT2D eigenvalue weighted by Crippen LogP contribution is 2.58. The molecule has 2 N–H and O–H groups in total. The van der Waals surface area contributed by atoms with Crippen LogP contribution in [0.3, 0.4) is 0 Å². The number of fused-ring (bicyclic) bond motifs is 2. The smallest absolute Gasteiger partial charge is 0.325 e. The SMILES string of the molecule is CCC1(CS(=O)(=O)N2CCC3(CCc4ccccc43)CC2)C(N2C(=O)NC(Cc3cnc[nH]3)C2=O)CCC(C)C1(C)C. The molecule has 1 spiro atoms. The zero-order valence-electron chi connectivity index (χ0n) is 25.4. The van der Waals surface area contributed by atoms with E-state index >= 15 is 0 Å². The number of hydrogen-bond donors (Lipinski definition) is 2. The fourth-order valence-electron chi connectivity index (χ4n) is 8.91. The maximum absolute atomic E-state index is 14.4. The van der Waals surface area contributed by atoms with Gasteiger partial charge in [0.2, 0.25) is 10.0 Å². The first kappa shape index (κ1) is 29.4. The van der Waals surface area contributed by atoms with Gasteiger partial charge in [0.1, 0.15) is 6.04 Å². The van der Waals surface area contributed by atoms with Crippen molar-refractivity contribution in [2.24, 2.45) is 16.7 Å². The number of amides is 3. The molecule has 0 bridgehead atoms. The molecule has 6 rings (SSSR count). The highest BCUT2D eigenvalue weighted by Gasteiger charge is 2.61. The first-order valence-corrected chi connectivity index (χ1v) is 17.2. The first-order valence-electron chi connectivity index (χ1n) is 15.6. The number of imide groups is 1. The summed E-state index contributed by atoms with van der Waals surface area (Å²) in [5.74, 6) is -0.102. The minimum Gasteiger partial charge on any atom is -0.348 e. The van der Waals surface area contributed by atoms with E-state index in [9.17, 15) is 18.0 Å². The number of rotatable bonds is 7.